The van der Waals surface area contributed by atoms with Gasteiger partial charge in [-0.15, -0.1) is 0 Å². The van der Waals surface area contributed by atoms with Crippen molar-refractivity contribution in [1.82, 2.24) is 5.32 Å². The quantitative estimate of drug-likeness (QED) is 0.650. The van der Waals surface area contributed by atoms with E-state index in [4.69, 9.17) is 0 Å². The van der Waals surface area contributed by atoms with Gasteiger partial charge >= 0.3 is 0 Å². The van der Waals surface area contributed by atoms with Gasteiger partial charge in [0.2, 0.25) is 0 Å². The lowest BCUT2D eigenvalue weighted by molar-refractivity contribution is -1.02. The number of benzene rings is 1. The van der Waals surface area contributed by atoms with E-state index >= 15 is 0 Å². The Kier molecular flexibility index (Phi) is 7.45. The predicted octanol–water partition coefficient (Wildman–Crippen LogP) is 0.254. The number of hydrogen-bond donors (Lipinski definition) is 3. The molecule has 1 atom stereocenters. The summed E-state index contributed by atoms with van der Waals surface area (Å²) in [5.41, 5.74) is 2.83. The van der Waals surface area contributed by atoms with E-state index in [1.165, 1.54) is 16.0 Å². The Balaban J connectivity index is 1.73. The highest BCUT2D eigenvalue weighted by Crippen LogP contribution is 2.14. The lowest BCUT2D eigenvalue weighted by Crippen LogP contribution is -3.28. The highest BCUT2D eigenvalue weighted by atomic mass is 16.2. The fraction of sp³-hybridized carbons (Fsp3) is 0.667. The van der Waals surface area contributed by atoms with E-state index in [1.807, 2.05) is 0 Å². The van der Waals surface area contributed by atoms with Crippen molar-refractivity contribution in [3.05, 3.63) is 35.4 Å². The number of piperazine rings is 1. The van der Waals surface area contributed by atoms with Crippen molar-refractivity contribution in [2.75, 3.05) is 32.7 Å². The zero-order chi connectivity index (χ0) is 18.4. The fourth-order valence-corrected chi connectivity index (χ4v) is 3.32. The maximum atomic E-state index is 12.1. The van der Waals surface area contributed by atoms with Gasteiger partial charge in [-0.3, -0.25) is 4.79 Å². The van der Waals surface area contributed by atoms with Crippen LogP contribution in [0.25, 0.3) is 0 Å². The first-order valence-corrected chi connectivity index (χ1v) is 9.90. The van der Waals surface area contributed by atoms with Crippen LogP contribution in [0.5, 0.6) is 0 Å². The molecule has 1 heterocycles. The molecule has 0 aliphatic carbocycles. The summed E-state index contributed by atoms with van der Waals surface area (Å²) < 4.78 is 0. The molecule has 1 aliphatic heterocycles. The molecule has 2 rings (SSSR count). The van der Waals surface area contributed by atoms with E-state index in [2.05, 4.69) is 64.2 Å². The van der Waals surface area contributed by atoms with Gasteiger partial charge in [0.05, 0.1) is 0 Å². The number of nitrogens with one attached hydrogen (secondary N) is 3. The number of carbonyl (C=O) groups excluding carboxylic acids is 1. The molecule has 1 saturated heterocycles. The van der Waals surface area contributed by atoms with Crippen LogP contribution in [0.15, 0.2) is 24.3 Å². The molecular weight excluding hydrogens is 310 g/mol. The van der Waals surface area contributed by atoms with Crippen LogP contribution in [0.1, 0.15) is 51.7 Å². The molecule has 0 saturated carbocycles. The Labute approximate surface area is 153 Å². The van der Waals surface area contributed by atoms with Crippen LogP contribution in [0, 0.1) is 5.92 Å². The topological polar surface area (TPSA) is 38.0 Å². The summed E-state index contributed by atoms with van der Waals surface area (Å²) in [6, 6.07) is 9.35. The molecule has 4 heteroatoms. The van der Waals surface area contributed by atoms with Gasteiger partial charge in [-0.1, -0.05) is 52.0 Å². The molecule has 0 bridgehead atoms. The van der Waals surface area contributed by atoms with E-state index < -0.39 is 0 Å². The van der Waals surface area contributed by atoms with Crippen LogP contribution in [0.4, 0.5) is 0 Å². The Morgan fingerprint density at radius 2 is 1.52 bits per heavy atom. The fourth-order valence-electron chi connectivity index (χ4n) is 3.32. The van der Waals surface area contributed by atoms with Crippen molar-refractivity contribution in [2.24, 2.45) is 5.92 Å². The molecular formula is C21H37N3O+2. The summed E-state index contributed by atoms with van der Waals surface area (Å²) in [6.45, 7) is 17.0. The molecule has 4 nitrogen and oxygen atoms in total. The van der Waals surface area contributed by atoms with Gasteiger partial charge < -0.3 is 15.1 Å². The van der Waals surface area contributed by atoms with Gasteiger partial charge in [-0.2, -0.15) is 0 Å². The van der Waals surface area contributed by atoms with Gasteiger partial charge in [-0.05, 0) is 24.3 Å². The van der Waals surface area contributed by atoms with Crippen LogP contribution in [0.2, 0.25) is 0 Å². The predicted molar refractivity (Wildman–Crippen MR) is 103 cm³/mol. The maximum absolute atomic E-state index is 12.1. The second-order valence-electron chi connectivity index (χ2n) is 8.35. The molecule has 1 aromatic rings. The third kappa shape index (κ3) is 6.44. The standard InChI is InChI=1S/C21H35N3O/c1-16(2)18(5)22-21(25)15-24-12-10-23(11-13-24)14-19-6-8-20(9-7-19)17(3)4/h6-9,16-18H,10-15H2,1-5H3,(H,22,25)/p+2/t18-/m1/s1. The highest BCUT2D eigenvalue weighted by molar-refractivity contribution is 5.77. The lowest BCUT2D eigenvalue weighted by Gasteiger charge is -2.30. The summed E-state index contributed by atoms with van der Waals surface area (Å²) in [5.74, 6) is 1.28. The third-order valence-electron chi connectivity index (χ3n) is 5.56. The summed E-state index contributed by atoms with van der Waals surface area (Å²) in [6.07, 6.45) is 0. The average Bonchev–Trinajstić information content (AvgIpc) is 2.57. The van der Waals surface area contributed by atoms with E-state index in [1.54, 1.807) is 4.90 Å². The van der Waals surface area contributed by atoms with Crippen molar-refractivity contribution < 1.29 is 14.6 Å². The molecule has 0 aromatic heterocycles. The van der Waals surface area contributed by atoms with Gasteiger partial charge in [0, 0.05) is 11.6 Å². The van der Waals surface area contributed by atoms with Crippen molar-refractivity contribution in [3.8, 4) is 0 Å². The molecule has 0 spiro atoms. The minimum Gasteiger partial charge on any atom is -0.348 e. The van der Waals surface area contributed by atoms with Crippen molar-refractivity contribution in [1.29, 1.82) is 0 Å². The second kappa shape index (κ2) is 9.35. The summed E-state index contributed by atoms with van der Waals surface area (Å²) >= 11 is 0. The third-order valence-corrected chi connectivity index (χ3v) is 5.56. The monoisotopic (exact) mass is 347 g/mol. The van der Waals surface area contributed by atoms with Gasteiger partial charge in [0.15, 0.2) is 6.54 Å². The summed E-state index contributed by atoms with van der Waals surface area (Å²) in [4.78, 5) is 15.2. The highest BCUT2D eigenvalue weighted by Gasteiger charge is 2.25. The minimum atomic E-state index is 0.198. The van der Waals surface area contributed by atoms with E-state index in [9.17, 15) is 4.79 Å². The molecule has 1 fully saturated rings. The Morgan fingerprint density at radius 1 is 0.960 bits per heavy atom. The van der Waals surface area contributed by atoms with Crippen molar-refractivity contribution in [3.63, 3.8) is 0 Å². The lowest BCUT2D eigenvalue weighted by atomic mass is 10.0. The van der Waals surface area contributed by atoms with Gasteiger partial charge in [0.25, 0.3) is 5.91 Å². The van der Waals surface area contributed by atoms with E-state index in [0.29, 0.717) is 18.4 Å². The summed E-state index contributed by atoms with van der Waals surface area (Å²) in [5, 5.41) is 3.13. The van der Waals surface area contributed by atoms with E-state index in [-0.39, 0.29) is 11.9 Å². The minimum absolute atomic E-state index is 0.198. The average molecular weight is 348 g/mol. The number of quaternary nitrogens is 2. The van der Waals surface area contributed by atoms with Crippen LogP contribution < -0.4 is 15.1 Å². The zero-order valence-electron chi connectivity index (χ0n) is 16.7. The second-order valence-corrected chi connectivity index (χ2v) is 8.35. The van der Waals surface area contributed by atoms with E-state index in [0.717, 1.165) is 32.7 Å². The van der Waals surface area contributed by atoms with Gasteiger partial charge in [0.1, 0.15) is 32.7 Å². The number of hydrogen-bond acceptors (Lipinski definition) is 1. The van der Waals surface area contributed by atoms with Crippen LogP contribution in [-0.4, -0.2) is 44.7 Å². The van der Waals surface area contributed by atoms with Crippen molar-refractivity contribution >= 4 is 5.91 Å². The molecule has 0 radical (unpaired) electrons. The molecule has 0 unspecified atom stereocenters. The molecule has 1 amide bonds. The molecule has 3 N–H and O–H groups in total. The Hall–Kier alpha value is -1.39. The van der Waals surface area contributed by atoms with Crippen LogP contribution in [-0.2, 0) is 11.3 Å². The molecule has 140 valence electrons. The largest absolute Gasteiger partial charge is 0.348 e. The van der Waals surface area contributed by atoms with Crippen LogP contribution >= 0.6 is 0 Å². The van der Waals surface area contributed by atoms with Gasteiger partial charge in [-0.25, -0.2) is 0 Å². The molecule has 1 aliphatic rings. The number of rotatable bonds is 7. The van der Waals surface area contributed by atoms with Crippen molar-refractivity contribution in [2.45, 2.75) is 53.1 Å². The first kappa shape index (κ1) is 19.9. The number of amides is 1. The zero-order valence-corrected chi connectivity index (χ0v) is 16.7. The maximum Gasteiger partial charge on any atom is 0.275 e. The normalized spacial score (nSPS) is 22.2. The smallest absolute Gasteiger partial charge is 0.275 e. The summed E-state index contributed by atoms with van der Waals surface area (Å²) in [7, 11) is 0. The number of carbonyl (C=O) groups is 1. The SMILES string of the molecule is CC(C)c1ccc(C[NH+]2CC[NH+](CC(=O)N[C@H](C)C(C)C)CC2)cc1. The Bertz CT molecular complexity index is 531. The molecule has 25 heavy (non-hydrogen) atoms. The molecule has 1 aromatic carbocycles. The first-order valence-electron chi connectivity index (χ1n) is 9.90. The Morgan fingerprint density at radius 3 is 2.04 bits per heavy atom. The van der Waals surface area contributed by atoms with Crippen LogP contribution in [0.3, 0.4) is 0 Å². The first-order chi connectivity index (χ1) is 11.8.